The van der Waals surface area contributed by atoms with E-state index in [1.165, 1.54) is 12.1 Å². The Bertz CT molecular complexity index is 763. The number of urea groups is 1. The smallest absolute Gasteiger partial charge is 0.319 e. The zero-order chi connectivity index (χ0) is 17.2. The number of nitrogens with zero attached hydrogens (tertiary/aromatic N) is 1. The van der Waals surface area contributed by atoms with E-state index in [9.17, 15) is 14.0 Å². The van der Waals surface area contributed by atoms with Crippen molar-refractivity contribution in [1.82, 2.24) is 10.2 Å². The molecular formula is C19H19FN2O2. The number of amides is 3. The Hall–Kier alpha value is -2.69. The van der Waals surface area contributed by atoms with Gasteiger partial charge in [0.25, 0.3) is 5.91 Å². The van der Waals surface area contributed by atoms with Gasteiger partial charge >= 0.3 is 6.03 Å². The van der Waals surface area contributed by atoms with Crippen LogP contribution < -0.4 is 5.32 Å². The molecule has 3 amide bonds. The molecule has 0 radical (unpaired) electrons. The molecule has 124 valence electrons. The van der Waals surface area contributed by atoms with Gasteiger partial charge in [0.15, 0.2) is 0 Å². The highest BCUT2D eigenvalue weighted by Gasteiger charge is 2.51. The third-order valence-electron chi connectivity index (χ3n) is 4.30. The lowest BCUT2D eigenvalue weighted by molar-refractivity contribution is -0.132. The molecule has 24 heavy (non-hydrogen) atoms. The minimum atomic E-state index is -1.04. The molecule has 1 heterocycles. The lowest BCUT2D eigenvalue weighted by Gasteiger charge is -2.27. The molecule has 1 aliphatic rings. The Morgan fingerprint density at radius 2 is 1.83 bits per heavy atom. The highest BCUT2D eigenvalue weighted by Crippen LogP contribution is 2.34. The summed E-state index contributed by atoms with van der Waals surface area (Å²) < 4.78 is 13.4. The Labute approximate surface area is 140 Å². The van der Waals surface area contributed by atoms with E-state index in [0.717, 1.165) is 16.9 Å². The van der Waals surface area contributed by atoms with Crippen LogP contribution in [0, 0.1) is 5.82 Å². The largest absolute Gasteiger partial charge is 0.325 e. The van der Waals surface area contributed by atoms with E-state index in [1.807, 2.05) is 37.3 Å². The van der Waals surface area contributed by atoms with Gasteiger partial charge in [0, 0.05) is 0 Å². The van der Waals surface area contributed by atoms with Gasteiger partial charge in [-0.05, 0) is 29.7 Å². The minimum absolute atomic E-state index is 0.0563. The number of benzene rings is 2. The van der Waals surface area contributed by atoms with E-state index in [0.29, 0.717) is 12.0 Å². The van der Waals surface area contributed by atoms with Crippen molar-refractivity contribution in [3.05, 3.63) is 71.5 Å². The van der Waals surface area contributed by atoms with Crippen LogP contribution >= 0.6 is 0 Å². The average molecular weight is 326 g/mol. The number of carbonyl (C=O) groups is 2. The molecule has 0 aromatic heterocycles. The fourth-order valence-corrected chi connectivity index (χ4v) is 3.19. The highest BCUT2D eigenvalue weighted by molar-refractivity contribution is 6.07. The van der Waals surface area contributed by atoms with E-state index >= 15 is 0 Å². The fourth-order valence-electron chi connectivity index (χ4n) is 3.19. The molecule has 0 unspecified atom stereocenters. The third-order valence-corrected chi connectivity index (χ3v) is 4.30. The van der Waals surface area contributed by atoms with Crippen LogP contribution in [-0.2, 0) is 16.9 Å². The number of nitrogens with one attached hydrogen (secondary N) is 1. The molecule has 1 saturated heterocycles. The summed E-state index contributed by atoms with van der Waals surface area (Å²) in [4.78, 5) is 26.7. The highest BCUT2D eigenvalue weighted by atomic mass is 19.1. The van der Waals surface area contributed by atoms with Gasteiger partial charge in [-0.15, -0.1) is 0 Å². The van der Waals surface area contributed by atoms with Gasteiger partial charge in [-0.25, -0.2) is 9.18 Å². The first-order chi connectivity index (χ1) is 11.6. The molecule has 1 atom stereocenters. The normalized spacial score (nSPS) is 20.3. The Balaban J connectivity index is 1.94. The Kier molecular flexibility index (Phi) is 4.34. The van der Waals surface area contributed by atoms with Crippen molar-refractivity contribution in [2.24, 2.45) is 0 Å². The van der Waals surface area contributed by atoms with E-state index in [1.54, 1.807) is 12.1 Å². The number of rotatable bonds is 5. The second-order valence-electron chi connectivity index (χ2n) is 5.97. The number of hydrogen-bond acceptors (Lipinski definition) is 2. The van der Waals surface area contributed by atoms with Gasteiger partial charge in [-0.2, -0.15) is 0 Å². The van der Waals surface area contributed by atoms with Crippen molar-refractivity contribution in [2.45, 2.75) is 31.8 Å². The van der Waals surface area contributed by atoms with Crippen molar-refractivity contribution in [2.75, 3.05) is 0 Å². The molecule has 4 nitrogen and oxygen atoms in total. The zero-order valence-electron chi connectivity index (χ0n) is 13.5. The molecule has 1 N–H and O–H groups in total. The molecule has 1 aliphatic heterocycles. The van der Waals surface area contributed by atoms with Crippen molar-refractivity contribution in [3.63, 3.8) is 0 Å². The zero-order valence-corrected chi connectivity index (χ0v) is 13.5. The molecule has 3 rings (SSSR count). The lowest BCUT2D eigenvalue weighted by atomic mass is 9.85. The summed E-state index contributed by atoms with van der Waals surface area (Å²) in [6.45, 7) is 2.03. The fraction of sp³-hybridized carbons (Fsp3) is 0.263. The van der Waals surface area contributed by atoms with Crippen LogP contribution in [0.4, 0.5) is 9.18 Å². The van der Waals surface area contributed by atoms with E-state index in [2.05, 4.69) is 5.32 Å². The maximum Gasteiger partial charge on any atom is 0.325 e. The molecule has 0 spiro atoms. The predicted octanol–water partition coefficient (Wildman–Crippen LogP) is 3.57. The quantitative estimate of drug-likeness (QED) is 0.854. The van der Waals surface area contributed by atoms with Gasteiger partial charge in [0.05, 0.1) is 6.54 Å². The van der Waals surface area contributed by atoms with Crippen molar-refractivity contribution < 1.29 is 14.0 Å². The lowest BCUT2D eigenvalue weighted by Crippen LogP contribution is -2.43. The summed E-state index contributed by atoms with van der Waals surface area (Å²) in [5.74, 6) is -0.674. The van der Waals surface area contributed by atoms with Crippen LogP contribution in [0.15, 0.2) is 54.6 Å². The van der Waals surface area contributed by atoms with Gasteiger partial charge in [-0.1, -0.05) is 55.8 Å². The summed E-state index contributed by atoms with van der Waals surface area (Å²) in [5, 5.41) is 2.86. The SMILES string of the molecule is CCC[C@@]1(c2ccccc2)NC(=O)N(Cc2cccc(F)c2)C1=O. The number of carbonyl (C=O) groups excluding carboxylic acids is 2. The van der Waals surface area contributed by atoms with Crippen molar-refractivity contribution in [1.29, 1.82) is 0 Å². The number of halogens is 1. The molecule has 1 fully saturated rings. The van der Waals surface area contributed by atoms with E-state index in [4.69, 9.17) is 0 Å². The molecule has 2 aromatic rings. The average Bonchev–Trinajstić information content (AvgIpc) is 2.81. The van der Waals surface area contributed by atoms with Gasteiger partial charge in [-0.3, -0.25) is 9.69 Å². The van der Waals surface area contributed by atoms with Crippen LogP contribution in [0.1, 0.15) is 30.9 Å². The number of imide groups is 1. The Morgan fingerprint density at radius 3 is 2.50 bits per heavy atom. The van der Waals surface area contributed by atoms with Crippen molar-refractivity contribution >= 4 is 11.9 Å². The second-order valence-corrected chi connectivity index (χ2v) is 5.97. The summed E-state index contributed by atoms with van der Waals surface area (Å²) >= 11 is 0. The molecular weight excluding hydrogens is 307 g/mol. The number of hydrogen-bond donors (Lipinski definition) is 1. The molecule has 0 bridgehead atoms. The van der Waals surface area contributed by atoms with E-state index in [-0.39, 0.29) is 18.3 Å². The van der Waals surface area contributed by atoms with Crippen LogP contribution in [0.5, 0.6) is 0 Å². The molecule has 0 aliphatic carbocycles. The second kappa shape index (κ2) is 6.43. The maximum atomic E-state index is 13.4. The first-order valence-corrected chi connectivity index (χ1v) is 8.01. The minimum Gasteiger partial charge on any atom is -0.319 e. The summed E-state index contributed by atoms with van der Waals surface area (Å²) in [7, 11) is 0. The summed E-state index contributed by atoms with van der Waals surface area (Å²) in [6, 6.07) is 14.8. The summed E-state index contributed by atoms with van der Waals surface area (Å²) in [6.07, 6.45) is 1.26. The van der Waals surface area contributed by atoms with Gasteiger partial charge in [0.2, 0.25) is 0 Å². The molecule has 2 aromatic carbocycles. The topological polar surface area (TPSA) is 49.4 Å². The first kappa shape index (κ1) is 16.2. The van der Waals surface area contributed by atoms with Crippen LogP contribution in [-0.4, -0.2) is 16.8 Å². The van der Waals surface area contributed by atoms with Gasteiger partial charge < -0.3 is 5.32 Å². The molecule has 0 saturated carbocycles. The summed E-state index contributed by atoms with van der Waals surface area (Å²) in [5.41, 5.74) is 0.311. The first-order valence-electron chi connectivity index (χ1n) is 8.01. The van der Waals surface area contributed by atoms with E-state index < -0.39 is 11.6 Å². The standard InChI is InChI=1S/C19H19FN2O2/c1-2-11-19(15-8-4-3-5-9-15)17(23)22(18(24)21-19)13-14-7-6-10-16(20)12-14/h3-10,12H,2,11,13H2,1H3,(H,21,24)/t19-/m0/s1. The third kappa shape index (κ3) is 2.77. The maximum absolute atomic E-state index is 13.4. The van der Waals surface area contributed by atoms with Gasteiger partial charge in [0.1, 0.15) is 11.4 Å². The van der Waals surface area contributed by atoms with Crippen molar-refractivity contribution in [3.8, 4) is 0 Å². The monoisotopic (exact) mass is 326 g/mol. The van der Waals surface area contributed by atoms with Crippen LogP contribution in [0.3, 0.4) is 0 Å². The van der Waals surface area contributed by atoms with Crippen LogP contribution in [0.2, 0.25) is 0 Å². The molecule has 5 heteroatoms. The van der Waals surface area contributed by atoms with Crippen LogP contribution in [0.25, 0.3) is 0 Å². The predicted molar refractivity (Wildman–Crippen MR) is 88.5 cm³/mol. The Morgan fingerprint density at radius 1 is 1.08 bits per heavy atom.